The van der Waals surface area contributed by atoms with Gasteiger partial charge in [-0.1, -0.05) is 181 Å². The van der Waals surface area contributed by atoms with Crippen molar-refractivity contribution in [2.45, 2.75) is 238 Å². The van der Waals surface area contributed by atoms with E-state index in [1.165, 1.54) is 178 Å². The summed E-state index contributed by atoms with van der Waals surface area (Å²) in [7, 11) is 0. The van der Waals surface area contributed by atoms with E-state index in [9.17, 15) is 5.11 Å². The lowest BCUT2D eigenvalue weighted by Gasteiger charge is -2.46. The van der Waals surface area contributed by atoms with E-state index in [4.69, 9.17) is 9.47 Å². The van der Waals surface area contributed by atoms with Crippen molar-refractivity contribution in [3.05, 3.63) is 23.3 Å². The van der Waals surface area contributed by atoms with Gasteiger partial charge in [-0.15, -0.1) is 0 Å². The SMILES string of the molecule is CCCCCCCCCCCCCCCCOc1cc2c(cc1OCCCCCCCCCCCCCCCC)[C@@H]1C[C@@H](O)C[C@@H](C)N1CC2. The van der Waals surface area contributed by atoms with E-state index in [0.29, 0.717) is 12.1 Å². The third-order valence-electron chi connectivity index (χ3n) is 11.8. The van der Waals surface area contributed by atoms with Gasteiger partial charge in [-0.2, -0.15) is 0 Å². The maximum Gasteiger partial charge on any atom is 0.161 e. The minimum Gasteiger partial charge on any atom is -0.490 e. The highest BCUT2D eigenvalue weighted by Crippen LogP contribution is 2.43. The van der Waals surface area contributed by atoms with Gasteiger partial charge in [0.05, 0.1) is 19.3 Å². The van der Waals surface area contributed by atoms with Gasteiger partial charge < -0.3 is 14.6 Å². The van der Waals surface area contributed by atoms with Gasteiger partial charge in [-0.25, -0.2) is 0 Å². The molecule has 0 amide bonds. The van der Waals surface area contributed by atoms with E-state index in [1.807, 2.05) is 0 Å². The van der Waals surface area contributed by atoms with E-state index >= 15 is 0 Å². The fourth-order valence-corrected chi connectivity index (χ4v) is 8.58. The number of aliphatic hydroxyl groups is 1. The van der Waals surface area contributed by atoms with Gasteiger partial charge in [-0.3, -0.25) is 4.90 Å². The Morgan fingerprint density at radius 3 is 1.34 bits per heavy atom. The van der Waals surface area contributed by atoms with Crippen LogP contribution in [0.2, 0.25) is 0 Å². The summed E-state index contributed by atoms with van der Waals surface area (Å²) in [6, 6.07) is 5.30. The molecule has 1 aromatic rings. The fraction of sp³-hybridized carbons (Fsp3) is 0.870. The molecule has 2 heterocycles. The summed E-state index contributed by atoms with van der Waals surface area (Å²) in [6.45, 7) is 9.49. The number of unbranched alkanes of at least 4 members (excludes halogenated alkanes) is 26. The molecule has 1 N–H and O–H groups in total. The van der Waals surface area contributed by atoms with E-state index < -0.39 is 0 Å². The number of aliphatic hydroxyl groups excluding tert-OH is 1. The van der Waals surface area contributed by atoms with Gasteiger partial charge >= 0.3 is 0 Å². The second-order valence-corrected chi connectivity index (χ2v) is 16.4. The molecule has 1 aromatic carbocycles. The first-order chi connectivity index (χ1) is 24.6. The number of hydrogen-bond donors (Lipinski definition) is 1. The van der Waals surface area contributed by atoms with Crippen molar-refractivity contribution in [3.8, 4) is 11.5 Å². The highest BCUT2D eigenvalue weighted by atomic mass is 16.5. The molecule has 0 spiro atoms. The van der Waals surface area contributed by atoms with Crippen molar-refractivity contribution < 1.29 is 14.6 Å². The van der Waals surface area contributed by atoms with Crippen LogP contribution < -0.4 is 9.47 Å². The normalized spacial score (nSPS) is 19.0. The maximum atomic E-state index is 10.6. The van der Waals surface area contributed by atoms with Crippen LogP contribution >= 0.6 is 0 Å². The molecule has 4 heteroatoms. The average Bonchev–Trinajstić information content (AvgIpc) is 3.11. The first-order valence-corrected chi connectivity index (χ1v) is 22.5. The van der Waals surface area contributed by atoms with Crippen molar-refractivity contribution >= 4 is 0 Å². The molecule has 0 radical (unpaired) electrons. The summed E-state index contributed by atoms with van der Waals surface area (Å²) in [5.74, 6) is 1.88. The Balaban J connectivity index is 1.34. The molecule has 50 heavy (non-hydrogen) atoms. The summed E-state index contributed by atoms with van der Waals surface area (Å²) in [5, 5.41) is 10.6. The number of benzene rings is 1. The van der Waals surface area contributed by atoms with Crippen LogP contribution in [0.4, 0.5) is 0 Å². The van der Waals surface area contributed by atoms with Crippen molar-refractivity contribution in [1.82, 2.24) is 4.90 Å². The number of ether oxygens (including phenoxy) is 2. The molecule has 3 rings (SSSR count). The third kappa shape index (κ3) is 18.0. The van der Waals surface area contributed by atoms with E-state index in [0.717, 1.165) is 63.4 Å². The largest absolute Gasteiger partial charge is 0.490 e. The Bertz CT molecular complexity index is 950. The van der Waals surface area contributed by atoms with Crippen LogP contribution in [-0.4, -0.2) is 41.9 Å². The fourth-order valence-electron chi connectivity index (χ4n) is 8.58. The molecule has 0 aliphatic carbocycles. The molecule has 0 unspecified atom stereocenters. The Hall–Kier alpha value is -1.26. The summed E-state index contributed by atoms with van der Waals surface area (Å²) in [6.07, 6.45) is 41.0. The topological polar surface area (TPSA) is 41.9 Å². The molecule has 1 fully saturated rings. The second-order valence-electron chi connectivity index (χ2n) is 16.4. The van der Waals surface area contributed by atoms with Gasteiger partial charge in [0.2, 0.25) is 0 Å². The highest BCUT2D eigenvalue weighted by molar-refractivity contribution is 5.50. The monoisotopic (exact) mass is 698 g/mol. The van der Waals surface area contributed by atoms with Crippen molar-refractivity contribution in [1.29, 1.82) is 0 Å². The third-order valence-corrected chi connectivity index (χ3v) is 11.8. The minimum atomic E-state index is -0.214. The van der Waals surface area contributed by atoms with E-state index in [1.54, 1.807) is 0 Å². The smallest absolute Gasteiger partial charge is 0.161 e. The van der Waals surface area contributed by atoms with Crippen LogP contribution in [0.15, 0.2) is 12.1 Å². The standard InChI is InChI=1S/C46H83NO3/c1-4-6-8-10-12-14-16-18-20-22-24-26-28-30-34-49-45-37-41-32-33-47-40(3)36-42(48)38-44(47)43(41)39-46(45)50-35-31-29-27-25-23-21-19-17-15-13-11-9-7-5-2/h37,39-40,42,44,48H,4-36,38H2,1-3H3/t40-,42+,44+/m1/s1. The maximum absolute atomic E-state index is 10.6. The van der Waals surface area contributed by atoms with Crippen LogP contribution in [0.5, 0.6) is 11.5 Å². The summed E-state index contributed by atoms with van der Waals surface area (Å²) >= 11 is 0. The predicted molar refractivity (Wildman–Crippen MR) is 216 cm³/mol. The van der Waals surface area contributed by atoms with Crippen LogP contribution in [-0.2, 0) is 6.42 Å². The molecule has 4 nitrogen and oxygen atoms in total. The van der Waals surface area contributed by atoms with Crippen molar-refractivity contribution in [2.75, 3.05) is 19.8 Å². The van der Waals surface area contributed by atoms with Crippen LogP contribution in [0.25, 0.3) is 0 Å². The minimum absolute atomic E-state index is 0.214. The Kier molecular flexibility index (Phi) is 24.4. The molecule has 0 aromatic heterocycles. The number of fused-ring (bicyclic) bond motifs is 3. The van der Waals surface area contributed by atoms with Crippen molar-refractivity contribution in [2.24, 2.45) is 0 Å². The van der Waals surface area contributed by atoms with Crippen LogP contribution in [0.1, 0.15) is 231 Å². The van der Waals surface area contributed by atoms with Gasteiger partial charge in [0.1, 0.15) is 0 Å². The average molecular weight is 698 g/mol. The number of nitrogens with zero attached hydrogens (tertiary/aromatic N) is 1. The molecule has 290 valence electrons. The van der Waals surface area contributed by atoms with Gasteiger partial charge in [-0.05, 0) is 62.3 Å². The quantitative estimate of drug-likeness (QED) is 0.0761. The molecular weight excluding hydrogens is 615 g/mol. The zero-order valence-corrected chi connectivity index (χ0v) is 33.6. The summed E-state index contributed by atoms with van der Waals surface area (Å²) in [4.78, 5) is 2.61. The van der Waals surface area contributed by atoms with Crippen LogP contribution in [0, 0.1) is 0 Å². The number of rotatable bonds is 32. The highest BCUT2D eigenvalue weighted by Gasteiger charge is 2.37. The molecule has 1 saturated heterocycles. The molecule has 2 aliphatic heterocycles. The van der Waals surface area contributed by atoms with Crippen LogP contribution in [0.3, 0.4) is 0 Å². The van der Waals surface area contributed by atoms with E-state index in [2.05, 4.69) is 37.8 Å². The first kappa shape index (κ1) is 43.1. The number of piperidine rings is 1. The first-order valence-electron chi connectivity index (χ1n) is 22.5. The second kappa shape index (κ2) is 28.3. The Morgan fingerprint density at radius 2 is 0.920 bits per heavy atom. The molecule has 0 saturated carbocycles. The molecular formula is C46H83NO3. The predicted octanol–water partition coefficient (Wildman–Crippen LogP) is 13.8. The molecule has 2 aliphatic rings. The summed E-state index contributed by atoms with van der Waals surface area (Å²) < 4.78 is 13.0. The lowest BCUT2D eigenvalue weighted by atomic mass is 9.83. The Labute approximate surface area is 311 Å². The molecule has 0 bridgehead atoms. The van der Waals surface area contributed by atoms with Crippen molar-refractivity contribution in [3.63, 3.8) is 0 Å². The van der Waals surface area contributed by atoms with E-state index in [-0.39, 0.29) is 6.10 Å². The van der Waals surface area contributed by atoms with Gasteiger partial charge in [0.15, 0.2) is 11.5 Å². The lowest BCUT2D eigenvalue weighted by molar-refractivity contribution is 0.000935. The Morgan fingerprint density at radius 1 is 0.540 bits per heavy atom. The summed E-state index contributed by atoms with van der Waals surface area (Å²) in [5.41, 5.74) is 2.76. The zero-order valence-electron chi connectivity index (χ0n) is 33.6. The lowest BCUT2D eigenvalue weighted by Crippen LogP contribution is -2.48. The molecule has 3 atom stereocenters. The van der Waals surface area contributed by atoms with Gasteiger partial charge in [0, 0.05) is 18.6 Å². The zero-order chi connectivity index (χ0) is 35.5. The van der Waals surface area contributed by atoms with Gasteiger partial charge in [0.25, 0.3) is 0 Å². The number of hydrogen-bond acceptors (Lipinski definition) is 4.